The molecule has 1 aliphatic heterocycles. The zero-order valence-corrected chi connectivity index (χ0v) is 10.8. The van der Waals surface area contributed by atoms with Crippen molar-refractivity contribution < 1.29 is 9.18 Å². The van der Waals surface area contributed by atoms with Gasteiger partial charge in [-0.3, -0.25) is 10.1 Å². The molecule has 2 rings (SSSR count). The monoisotopic (exact) mass is 242 g/mol. The van der Waals surface area contributed by atoms with Crippen LogP contribution in [0.1, 0.15) is 46.0 Å². The van der Waals surface area contributed by atoms with Crippen LogP contribution in [0.15, 0.2) is 0 Å². The van der Waals surface area contributed by atoms with Crippen LogP contribution in [0, 0.1) is 5.92 Å². The van der Waals surface area contributed by atoms with E-state index in [4.69, 9.17) is 0 Å². The Balaban J connectivity index is 2.13. The summed E-state index contributed by atoms with van der Waals surface area (Å²) in [7, 11) is 0. The lowest BCUT2D eigenvalue weighted by Crippen LogP contribution is -2.44. The Bertz CT molecular complexity index is 287. The van der Waals surface area contributed by atoms with E-state index in [1.807, 2.05) is 0 Å². The van der Waals surface area contributed by atoms with Crippen molar-refractivity contribution in [2.45, 2.75) is 57.7 Å². The van der Waals surface area contributed by atoms with Crippen molar-refractivity contribution in [3.63, 3.8) is 0 Å². The fraction of sp³-hybridized carbons (Fsp3) is 0.923. The fourth-order valence-corrected chi connectivity index (χ4v) is 3.19. The molecule has 1 spiro atoms. The predicted molar refractivity (Wildman–Crippen MR) is 65.3 cm³/mol. The molecule has 0 bridgehead atoms. The summed E-state index contributed by atoms with van der Waals surface area (Å²) in [6.45, 7) is 4.07. The summed E-state index contributed by atoms with van der Waals surface area (Å²) in [5.74, 6) is 0.650. The topological polar surface area (TPSA) is 32.3 Å². The van der Waals surface area contributed by atoms with E-state index in [-0.39, 0.29) is 24.2 Å². The molecule has 0 radical (unpaired) electrons. The molecule has 4 heteroatoms. The van der Waals surface area contributed by atoms with Crippen molar-refractivity contribution in [3.8, 4) is 0 Å². The minimum atomic E-state index is -0.446. The fourth-order valence-electron chi connectivity index (χ4n) is 3.19. The normalized spacial score (nSPS) is 27.6. The van der Waals surface area contributed by atoms with E-state index < -0.39 is 6.67 Å². The van der Waals surface area contributed by atoms with Gasteiger partial charge in [-0.05, 0) is 25.2 Å². The van der Waals surface area contributed by atoms with Crippen LogP contribution in [0.3, 0.4) is 0 Å². The average Bonchev–Trinajstić information content (AvgIpc) is 2.81. The Kier molecular flexibility index (Phi) is 3.71. The second-order valence-electron chi connectivity index (χ2n) is 5.77. The van der Waals surface area contributed by atoms with Gasteiger partial charge in [0.1, 0.15) is 6.67 Å². The van der Waals surface area contributed by atoms with E-state index in [1.165, 1.54) is 0 Å². The number of alkyl halides is 1. The lowest BCUT2D eigenvalue weighted by atomic mass is 9.98. The molecule has 1 unspecified atom stereocenters. The van der Waals surface area contributed by atoms with E-state index >= 15 is 0 Å². The molecule has 1 atom stereocenters. The minimum Gasteiger partial charge on any atom is -0.323 e. The highest BCUT2D eigenvalue weighted by molar-refractivity contribution is 5.89. The van der Waals surface area contributed by atoms with Crippen LogP contribution in [0.5, 0.6) is 0 Å². The van der Waals surface area contributed by atoms with Crippen LogP contribution < -0.4 is 5.32 Å². The number of amides is 1. The molecule has 1 amide bonds. The summed E-state index contributed by atoms with van der Waals surface area (Å²) in [5, 5.41) is 3.49. The SMILES string of the molecule is CC(C)CC1NC2(CCCC2)C(=O)N1CCF. The smallest absolute Gasteiger partial charge is 0.244 e. The average molecular weight is 242 g/mol. The van der Waals surface area contributed by atoms with Crippen LogP contribution >= 0.6 is 0 Å². The van der Waals surface area contributed by atoms with Crippen LogP contribution in [0.4, 0.5) is 4.39 Å². The summed E-state index contributed by atoms with van der Waals surface area (Å²) in [6.07, 6.45) is 5.00. The molecule has 0 aromatic carbocycles. The highest BCUT2D eigenvalue weighted by Crippen LogP contribution is 2.37. The Morgan fingerprint density at radius 2 is 2.12 bits per heavy atom. The molecule has 1 saturated carbocycles. The van der Waals surface area contributed by atoms with Gasteiger partial charge >= 0.3 is 0 Å². The van der Waals surface area contributed by atoms with Crippen molar-refractivity contribution in [1.29, 1.82) is 0 Å². The number of nitrogens with zero attached hydrogens (tertiary/aromatic N) is 1. The largest absolute Gasteiger partial charge is 0.323 e. The number of nitrogens with one attached hydrogen (secondary N) is 1. The van der Waals surface area contributed by atoms with E-state index in [2.05, 4.69) is 19.2 Å². The Labute approximate surface area is 103 Å². The number of halogens is 1. The maximum atomic E-state index is 12.6. The molecule has 2 fully saturated rings. The van der Waals surface area contributed by atoms with E-state index in [1.54, 1.807) is 4.90 Å². The summed E-state index contributed by atoms with van der Waals surface area (Å²) in [4.78, 5) is 14.1. The third kappa shape index (κ3) is 2.32. The molecule has 1 aliphatic carbocycles. The first-order valence-electron chi connectivity index (χ1n) is 6.74. The molecule has 17 heavy (non-hydrogen) atoms. The maximum Gasteiger partial charge on any atom is 0.244 e. The molecule has 1 saturated heterocycles. The first kappa shape index (κ1) is 12.8. The standard InChI is InChI=1S/C13H23FN2O/c1-10(2)9-11-15-13(5-3-4-6-13)12(17)16(11)8-7-14/h10-11,15H,3-9H2,1-2H3. The quantitative estimate of drug-likeness (QED) is 0.818. The molecule has 1 N–H and O–H groups in total. The Morgan fingerprint density at radius 1 is 1.47 bits per heavy atom. The molecule has 0 aromatic heterocycles. The molecular formula is C13H23FN2O. The summed E-state index contributed by atoms with van der Waals surface area (Å²) < 4.78 is 12.6. The highest BCUT2D eigenvalue weighted by Gasteiger charge is 2.51. The van der Waals surface area contributed by atoms with Crippen LogP contribution in [-0.4, -0.2) is 35.7 Å². The first-order valence-corrected chi connectivity index (χ1v) is 6.74. The number of carbonyl (C=O) groups excluding carboxylic acids is 1. The van der Waals surface area contributed by atoms with Crippen molar-refractivity contribution in [3.05, 3.63) is 0 Å². The van der Waals surface area contributed by atoms with Crippen molar-refractivity contribution in [2.75, 3.05) is 13.2 Å². The summed E-state index contributed by atoms with van der Waals surface area (Å²) in [6, 6.07) is 0. The first-order chi connectivity index (χ1) is 8.09. The van der Waals surface area contributed by atoms with Crippen LogP contribution in [0.2, 0.25) is 0 Å². The van der Waals surface area contributed by atoms with Gasteiger partial charge in [-0.1, -0.05) is 26.7 Å². The predicted octanol–water partition coefficient (Wildman–Crippen LogP) is 2.07. The minimum absolute atomic E-state index is 0.0383. The summed E-state index contributed by atoms with van der Waals surface area (Å²) >= 11 is 0. The third-order valence-corrected chi connectivity index (χ3v) is 3.97. The zero-order chi connectivity index (χ0) is 12.5. The van der Waals surface area contributed by atoms with E-state index in [0.717, 1.165) is 32.1 Å². The van der Waals surface area contributed by atoms with Gasteiger partial charge in [0.05, 0.1) is 18.2 Å². The van der Waals surface area contributed by atoms with Crippen molar-refractivity contribution in [1.82, 2.24) is 10.2 Å². The number of hydrogen-bond donors (Lipinski definition) is 1. The number of rotatable bonds is 4. The third-order valence-electron chi connectivity index (χ3n) is 3.97. The molecule has 3 nitrogen and oxygen atoms in total. The Hall–Kier alpha value is -0.640. The molecule has 2 aliphatic rings. The lowest BCUT2D eigenvalue weighted by molar-refractivity contribution is -0.133. The van der Waals surface area contributed by atoms with Gasteiger partial charge in [0.15, 0.2) is 0 Å². The van der Waals surface area contributed by atoms with Crippen molar-refractivity contribution in [2.24, 2.45) is 5.92 Å². The van der Waals surface area contributed by atoms with Gasteiger partial charge in [-0.15, -0.1) is 0 Å². The molecule has 1 heterocycles. The van der Waals surface area contributed by atoms with Crippen LogP contribution in [-0.2, 0) is 4.79 Å². The van der Waals surface area contributed by atoms with Gasteiger partial charge in [0.25, 0.3) is 0 Å². The molecule has 0 aromatic rings. The van der Waals surface area contributed by atoms with E-state index in [9.17, 15) is 9.18 Å². The van der Waals surface area contributed by atoms with E-state index in [0.29, 0.717) is 5.92 Å². The number of hydrogen-bond acceptors (Lipinski definition) is 2. The van der Waals surface area contributed by atoms with Gasteiger partial charge in [-0.25, -0.2) is 4.39 Å². The lowest BCUT2D eigenvalue weighted by Gasteiger charge is -2.24. The van der Waals surface area contributed by atoms with Crippen molar-refractivity contribution >= 4 is 5.91 Å². The van der Waals surface area contributed by atoms with Gasteiger partial charge < -0.3 is 4.90 Å². The zero-order valence-electron chi connectivity index (χ0n) is 10.8. The molecular weight excluding hydrogens is 219 g/mol. The second kappa shape index (κ2) is 4.92. The second-order valence-corrected chi connectivity index (χ2v) is 5.77. The van der Waals surface area contributed by atoms with Gasteiger partial charge in [-0.2, -0.15) is 0 Å². The Morgan fingerprint density at radius 3 is 2.65 bits per heavy atom. The van der Waals surface area contributed by atoms with Gasteiger partial charge in [0, 0.05) is 0 Å². The maximum absolute atomic E-state index is 12.6. The highest BCUT2D eigenvalue weighted by atomic mass is 19.1. The van der Waals surface area contributed by atoms with Crippen LogP contribution in [0.25, 0.3) is 0 Å². The number of carbonyl (C=O) groups is 1. The van der Waals surface area contributed by atoms with Gasteiger partial charge in [0.2, 0.25) is 5.91 Å². The molecule has 98 valence electrons. The summed E-state index contributed by atoms with van der Waals surface area (Å²) in [5.41, 5.74) is -0.352.